The zero-order valence-corrected chi connectivity index (χ0v) is 30.2. The van der Waals surface area contributed by atoms with E-state index in [0.717, 1.165) is 6.07 Å². The van der Waals surface area contributed by atoms with Crippen molar-refractivity contribution < 1.29 is 55.0 Å². The first-order chi connectivity index (χ1) is 25.9. The second-order valence-electron chi connectivity index (χ2n) is 15.4. The number of hydrogen-bond acceptors (Lipinski definition) is 5. The summed E-state index contributed by atoms with van der Waals surface area (Å²) in [6.07, 6.45) is -6.60. The van der Waals surface area contributed by atoms with Crippen molar-refractivity contribution in [3.8, 4) is 0 Å². The molecule has 2 aromatic carbocycles. The van der Waals surface area contributed by atoms with Crippen LogP contribution in [0.2, 0.25) is 5.02 Å². The van der Waals surface area contributed by atoms with E-state index < -0.39 is 58.6 Å². The van der Waals surface area contributed by atoms with Crippen LogP contribution in [0.15, 0.2) is 48.8 Å². The Morgan fingerprint density at radius 2 is 1.64 bits per heavy atom. The number of carbonyl (C=O) groups excluding carboxylic acids is 2. The normalized spacial score (nSPS) is 23.2. The minimum Gasteiger partial charge on any atom is -0.478 e. The predicted octanol–water partition coefficient (Wildman–Crippen LogP) is 7.72. The van der Waals surface area contributed by atoms with Crippen molar-refractivity contribution in [2.75, 3.05) is 32.8 Å². The summed E-state index contributed by atoms with van der Waals surface area (Å²) >= 11 is 5.85. The fraction of sp³-hybridized carbons (Fsp3) is 0.526. The number of carboxylic acids is 1. The molecule has 296 valence electrons. The van der Waals surface area contributed by atoms with Gasteiger partial charge in [-0.1, -0.05) is 35.9 Å². The van der Waals surface area contributed by atoms with Crippen LogP contribution in [0, 0.1) is 28.5 Å². The second-order valence-corrected chi connectivity index (χ2v) is 15.9. The van der Waals surface area contributed by atoms with Gasteiger partial charge in [-0.25, -0.2) is 9.18 Å². The summed E-state index contributed by atoms with van der Waals surface area (Å²) < 4.78 is 103. The molecule has 3 aromatic rings. The molecule has 1 atom stereocenters. The Labute approximate surface area is 316 Å². The van der Waals surface area contributed by atoms with Crippen molar-refractivity contribution in [1.29, 1.82) is 0 Å². The smallest absolute Gasteiger partial charge is 0.403 e. The summed E-state index contributed by atoms with van der Waals surface area (Å²) in [5.41, 5.74) is -1.98. The molecule has 4 fully saturated rings. The highest BCUT2D eigenvalue weighted by molar-refractivity contribution is 6.30. The monoisotopic (exact) mass is 798 g/mol. The maximum Gasteiger partial charge on any atom is 0.403 e. The number of aromatic carboxylic acids is 1. The molecule has 0 radical (unpaired) electrons. The van der Waals surface area contributed by atoms with E-state index in [1.54, 1.807) is 18.2 Å². The molecular formula is C38H38ClF7N4O5. The summed E-state index contributed by atoms with van der Waals surface area (Å²) in [6, 6.07) is 9.01. The Morgan fingerprint density at radius 1 is 0.945 bits per heavy atom. The largest absolute Gasteiger partial charge is 0.478 e. The highest BCUT2D eigenvalue weighted by atomic mass is 35.5. The fourth-order valence-corrected chi connectivity index (χ4v) is 8.79. The Kier molecular flexibility index (Phi) is 10.2. The first-order valence-corrected chi connectivity index (χ1v) is 18.4. The number of likely N-dealkylation sites (tertiary alicyclic amines) is 2. The van der Waals surface area contributed by atoms with Gasteiger partial charge in [-0.2, -0.15) is 31.4 Å². The Morgan fingerprint density at radius 3 is 2.25 bits per heavy atom. The van der Waals surface area contributed by atoms with Gasteiger partial charge in [-0.3, -0.25) is 14.3 Å². The first kappa shape index (κ1) is 39.1. The van der Waals surface area contributed by atoms with Gasteiger partial charge in [0.25, 0.3) is 5.91 Å². The van der Waals surface area contributed by atoms with Crippen LogP contribution in [-0.2, 0) is 22.7 Å². The van der Waals surface area contributed by atoms with Crippen molar-refractivity contribution in [3.05, 3.63) is 87.4 Å². The molecular weight excluding hydrogens is 761 g/mol. The van der Waals surface area contributed by atoms with Crippen LogP contribution < -0.4 is 0 Å². The first-order valence-electron chi connectivity index (χ1n) is 18.0. The van der Waals surface area contributed by atoms with E-state index in [9.17, 15) is 50.2 Å². The maximum absolute atomic E-state index is 14.4. The number of halogens is 8. The Hall–Kier alpha value is -4.18. The lowest BCUT2D eigenvalue weighted by atomic mass is 9.71. The second kappa shape index (κ2) is 14.4. The average Bonchev–Trinajstić information content (AvgIpc) is 3.67. The van der Waals surface area contributed by atoms with Gasteiger partial charge in [-0.15, -0.1) is 0 Å². The van der Waals surface area contributed by atoms with Crippen LogP contribution in [0.1, 0.15) is 81.8 Å². The molecule has 9 nitrogen and oxygen atoms in total. The van der Waals surface area contributed by atoms with Crippen molar-refractivity contribution in [2.24, 2.45) is 22.7 Å². The number of amides is 2. The summed E-state index contributed by atoms with van der Waals surface area (Å²) in [5, 5.41) is 14.6. The minimum atomic E-state index is -4.68. The van der Waals surface area contributed by atoms with Gasteiger partial charge >= 0.3 is 18.3 Å². The van der Waals surface area contributed by atoms with Gasteiger partial charge in [0, 0.05) is 54.3 Å². The number of ether oxygens (including phenoxy) is 1. The zero-order valence-electron chi connectivity index (χ0n) is 29.4. The van der Waals surface area contributed by atoms with Crippen molar-refractivity contribution in [3.63, 3.8) is 0 Å². The molecule has 3 heterocycles. The number of rotatable bonds is 10. The Bertz CT molecular complexity index is 1970. The van der Waals surface area contributed by atoms with E-state index in [1.165, 1.54) is 39.0 Å². The van der Waals surface area contributed by atoms with E-state index in [-0.39, 0.29) is 107 Å². The highest BCUT2D eigenvalue weighted by Crippen LogP contribution is 2.60. The molecule has 1 aromatic heterocycles. The van der Waals surface area contributed by atoms with E-state index in [0.29, 0.717) is 16.7 Å². The molecule has 7 rings (SSSR count). The summed E-state index contributed by atoms with van der Waals surface area (Å²) in [7, 11) is 0. The van der Waals surface area contributed by atoms with E-state index in [2.05, 4.69) is 5.10 Å². The van der Waals surface area contributed by atoms with Gasteiger partial charge in [0.15, 0.2) is 0 Å². The number of aromatic nitrogens is 2. The van der Waals surface area contributed by atoms with Gasteiger partial charge in [0.1, 0.15) is 11.2 Å². The number of carbonyl (C=O) groups is 3. The molecule has 1 N–H and O–H groups in total. The van der Waals surface area contributed by atoms with Gasteiger partial charge < -0.3 is 19.6 Å². The van der Waals surface area contributed by atoms with Crippen LogP contribution >= 0.6 is 11.6 Å². The standard InChI is InChI=1S/C38H38ClF7N4O5/c39-28-9-6-23(30(40)12-28)14-50-15-25(13-47-50)32(51)48-16-27(35(19-48)20-49(21-35)34(54)36(10-11-36)38(44,45)46)18-55-17-24-2-1-3-29(31(24)33(52)53)22-4-7-26(8-5-22)37(41,42)43/h1-3,6,9,12-13,15,22,26-27H,4-5,7-8,10-11,14,16-21H2,(H,52,53). The lowest BCUT2D eigenvalue weighted by Gasteiger charge is -2.51. The third-order valence-electron chi connectivity index (χ3n) is 11.9. The van der Waals surface area contributed by atoms with E-state index in [1.807, 2.05) is 0 Å². The highest BCUT2D eigenvalue weighted by Gasteiger charge is 2.71. The van der Waals surface area contributed by atoms with Gasteiger partial charge in [-0.05, 0) is 67.7 Å². The van der Waals surface area contributed by atoms with Crippen molar-refractivity contribution in [2.45, 2.75) is 69.9 Å². The summed E-state index contributed by atoms with van der Waals surface area (Å²) in [5.74, 6) is -5.45. The van der Waals surface area contributed by atoms with Crippen LogP contribution in [0.3, 0.4) is 0 Å². The molecule has 2 aliphatic heterocycles. The molecule has 1 spiro atoms. The van der Waals surface area contributed by atoms with Crippen LogP contribution in [0.4, 0.5) is 30.7 Å². The number of alkyl halides is 6. The number of nitrogens with zero attached hydrogens (tertiary/aromatic N) is 4. The van der Waals surface area contributed by atoms with Crippen LogP contribution in [0.5, 0.6) is 0 Å². The van der Waals surface area contributed by atoms with Gasteiger partial charge in [0.05, 0.1) is 43.0 Å². The average molecular weight is 799 g/mol. The molecule has 2 aliphatic carbocycles. The molecule has 2 amide bonds. The SMILES string of the molecule is O=C(O)c1c(COCC2CN(C(=O)c3cnn(Cc4ccc(Cl)cc4F)c3)CC23CN(C(=O)C2(C(F)(F)F)CC2)C3)cccc1C1CCC(C(F)(F)F)CC1. The van der Waals surface area contributed by atoms with E-state index >= 15 is 0 Å². The quantitative estimate of drug-likeness (QED) is 0.211. The molecule has 4 aliphatic rings. The molecule has 2 saturated carbocycles. The molecule has 55 heavy (non-hydrogen) atoms. The van der Waals surface area contributed by atoms with Crippen LogP contribution in [-0.4, -0.2) is 87.6 Å². The Balaban J connectivity index is 1.06. The zero-order chi connectivity index (χ0) is 39.5. The third kappa shape index (κ3) is 7.55. The minimum absolute atomic E-state index is 0.0169. The maximum atomic E-state index is 14.4. The molecule has 0 bridgehead atoms. The summed E-state index contributed by atoms with van der Waals surface area (Å²) in [6.45, 7) is -0.0249. The predicted molar refractivity (Wildman–Crippen MR) is 183 cm³/mol. The lowest BCUT2D eigenvalue weighted by molar-refractivity contribution is -0.205. The van der Waals surface area contributed by atoms with Gasteiger partial charge in [0.2, 0.25) is 5.91 Å². The van der Waals surface area contributed by atoms with E-state index in [4.69, 9.17) is 16.3 Å². The van der Waals surface area contributed by atoms with Crippen LogP contribution in [0.25, 0.3) is 0 Å². The lowest BCUT2D eigenvalue weighted by Crippen LogP contribution is -2.65. The molecule has 2 saturated heterocycles. The third-order valence-corrected chi connectivity index (χ3v) is 12.2. The van der Waals surface area contributed by atoms with Crippen molar-refractivity contribution >= 4 is 29.4 Å². The number of benzene rings is 2. The number of carboxylic acid groups (broad SMARTS) is 1. The van der Waals surface area contributed by atoms with Crippen molar-refractivity contribution in [1.82, 2.24) is 19.6 Å². The molecule has 17 heteroatoms. The topological polar surface area (TPSA) is 105 Å². The molecule has 1 unspecified atom stereocenters. The number of hydrogen-bond donors (Lipinski definition) is 1. The summed E-state index contributed by atoms with van der Waals surface area (Å²) in [4.78, 5) is 42.1. The fourth-order valence-electron chi connectivity index (χ4n) is 8.63.